The molecule has 7 nitrogen and oxygen atoms in total. The maximum Gasteiger partial charge on any atom is 0.268 e. The van der Waals surface area contributed by atoms with Gasteiger partial charge in [0, 0.05) is 13.2 Å². The van der Waals surface area contributed by atoms with Crippen LogP contribution in [0, 0.1) is 0 Å². The van der Waals surface area contributed by atoms with Crippen molar-refractivity contribution in [3.05, 3.63) is 0 Å². The first-order valence-electron chi connectivity index (χ1n) is 13.8. The summed E-state index contributed by atoms with van der Waals surface area (Å²) >= 11 is 0. The van der Waals surface area contributed by atoms with E-state index in [0.717, 1.165) is 19.3 Å². The Balaban J connectivity index is 4.21. The molecule has 0 heterocycles. The van der Waals surface area contributed by atoms with Crippen LogP contribution in [0.3, 0.4) is 0 Å². The first-order chi connectivity index (χ1) is 16.2. The summed E-state index contributed by atoms with van der Waals surface area (Å²) in [6.45, 7) is 6.65. The highest BCUT2D eigenvalue weighted by atomic mass is 31.2. The Morgan fingerprint density at radius 2 is 1.18 bits per heavy atom. The second kappa shape index (κ2) is 22.2. The van der Waals surface area contributed by atoms with Gasteiger partial charge in [0.2, 0.25) is 0 Å². The average Bonchev–Trinajstić information content (AvgIpc) is 2.76. The van der Waals surface area contributed by atoms with Crippen molar-refractivity contribution in [2.45, 2.75) is 110 Å². The minimum absolute atomic E-state index is 0.0710. The van der Waals surface area contributed by atoms with Crippen molar-refractivity contribution < 1.29 is 32.5 Å². The van der Waals surface area contributed by atoms with Gasteiger partial charge >= 0.3 is 0 Å². The Kier molecular flexibility index (Phi) is 22.2. The van der Waals surface area contributed by atoms with Gasteiger partial charge in [-0.05, 0) is 12.8 Å². The molecule has 0 aromatic rings. The van der Waals surface area contributed by atoms with Gasteiger partial charge in [-0.25, -0.2) is 0 Å². The van der Waals surface area contributed by atoms with Crippen LogP contribution in [0.2, 0.25) is 0 Å². The van der Waals surface area contributed by atoms with E-state index in [4.69, 9.17) is 18.5 Å². The molecule has 0 amide bonds. The molecule has 34 heavy (non-hydrogen) atoms. The lowest BCUT2D eigenvalue weighted by Gasteiger charge is -2.28. The van der Waals surface area contributed by atoms with Crippen LogP contribution in [0.4, 0.5) is 0 Å². The van der Waals surface area contributed by atoms with Crippen LogP contribution < -0.4 is 4.89 Å². The molecule has 0 radical (unpaired) electrons. The highest BCUT2D eigenvalue weighted by Gasteiger charge is 2.17. The van der Waals surface area contributed by atoms with Crippen LogP contribution in [0.1, 0.15) is 104 Å². The van der Waals surface area contributed by atoms with E-state index < -0.39 is 13.9 Å². The SMILES string of the molecule is CCCCCCCCCCOCC(COP(=O)([O-])OCC[N+](C)(C)C)OCCCCCCCC. The summed E-state index contributed by atoms with van der Waals surface area (Å²) in [7, 11) is 1.59. The largest absolute Gasteiger partial charge is 0.756 e. The molecule has 0 N–H and O–H groups in total. The van der Waals surface area contributed by atoms with Gasteiger partial charge in [0.25, 0.3) is 7.82 Å². The fourth-order valence-electron chi connectivity index (χ4n) is 3.47. The number of ether oxygens (including phenoxy) is 2. The third-order valence-electron chi connectivity index (χ3n) is 5.73. The predicted octanol–water partition coefficient (Wildman–Crippen LogP) is 6.10. The molecule has 0 aliphatic carbocycles. The zero-order valence-corrected chi connectivity index (χ0v) is 24.0. The van der Waals surface area contributed by atoms with Crippen molar-refractivity contribution in [2.24, 2.45) is 0 Å². The van der Waals surface area contributed by atoms with Gasteiger partial charge < -0.3 is 27.9 Å². The van der Waals surface area contributed by atoms with Crippen molar-refractivity contribution >= 4 is 7.82 Å². The number of phosphoric acid groups is 1. The minimum Gasteiger partial charge on any atom is -0.756 e. The molecule has 0 rings (SSSR count). The first-order valence-corrected chi connectivity index (χ1v) is 15.3. The van der Waals surface area contributed by atoms with Crippen molar-refractivity contribution in [3.63, 3.8) is 0 Å². The topological polar surface area (TPSA) is 77.1 Å². The molecule has 0 aliphatic rings. The predicted molar refractivity (Wildman–Crippen MR) is 139 cm³/mol. The molecule has 8 heteroatoms. The van der Waals surface area contributed by atoms with Gasteiger partial charge in [0.05, 0.1) is 34.4 Å². The van der Waals surface area contributed by atoms with Crippen LogP contribution in [-0.4, -0.2) is 71.3 Å². The molecular weight excluding hydrogens is 453 g/mol. The van der Waals surface area contributed by atoms with E-state index in [2.05, 4.69) is 13.8 Å². The van der Waals surface area contributed by atoms with Crippen LogP contribution in [0.15, 0.2) is 0 Å². The molecule has 206 valence electrons. The van der Waals surface area contributed by atoms with E-state index in [1.165, 1.54) is 70.6 Å². The molecule has 0 aromatic heterocycles. The number of hydrogen-bond acceptors (Lipinski definition) is 6. The van der Waals surface area contributed by atoms with Crippen molar-refractivity contribution in [1.29, 1.82) is 0 Å². The summed E-state index contributed by atoms with van der Waals surface area (Å²) in [5, 5.41) is 0. The van der Waals surface area contributed by atoms with Gasteiger partial charge in [-0.2, -0.15) is 0 Å². The number of phosphoric ester groups is 1. The molecule has 0 spiro atoms. The second-order valence-corrected chi connectivity index (χ2v) is 11.8. The third kappa shape index (κ3) is 25.1. The lowest BCUT2D eigenvalue weighted by Crippen LogP contribution is -2.37. The molecule has 0 fully saturated rings. The second-order valence-electron chi connectivity index (χ2n) is 10.4. The number of nitrogens with zero attached hydrogens (tertiary/aromatic N) is 1. The maximum atomic E-state index is 12.1. The molecule has 0 bridgehead atoms. The highest BCUT2D eigenvalue weighted by Crippen LogP contribution is 2.38. The van der Waals surface area contributed by atoms with Crippen LogP contribution in [0.5, 0.6) is 0 Å². The normalized spacial score (nSPS) is 14.9. The quantitative estimate of drug-likeness (QED) is 0.0797. The van der Waals surface area contributed by atoms with Crippen LogP contribution in [0.25, 0.3) is 0 Å². The maximum absolute atomic E-state index is 12.1. The fraction of sp³-hybridized carbons (Fsp3) is 1.00. The first kappa shape index (κ1) is 34.0. The van der Waals surface area contributed by atoms with Gasteiger partial charge in [0.1, 0.15) is 19.3 Å². The fourth-order valence-corrected chi connectivity index (χ4v) is 4.20. The van der Waals surface area contributed by atoms with E-state index in [-0.39, 0.29) is 13.2 Å². The Morgan fingerprint density at radius 3 is 1.71 bits per heavy atom. The monoisotopic (exact) mass is 509 g/mol. The molecule has 0 aliphatic heterocycles. The van der Waals surface area contributed by atoms with Gasteiger partial charge in [0.15, 0.2) is 0 Å². The van der Waals surface area contributed by atoms with Crippen LogP contribution >= 0.6 is 7.82 Å². The number of likely N-dealkylation sites (N-methyl/N-ethyl adjacent to an activating group) is 1. The lowest BCUT2D eigenvalue weighted by molar-refractivity contribution is -0.870. The van der Waals surface area contributed by atoms with Crippen molar-refractivity contribution in [3.8, 4) is 0 Å². The zero-order chi connectivity index (χ0) is 25.5. The van der Waals surface area contributed by atoms with Gasteiger partial charge in [-0.1, -0.05) is 90.9 Å². The Morgan fingerprint density at radius 1 is 0.676 bits per heavy atom. The summed E-state index contributed by atoms with van der Waals surface area (Å²) < 4.78 is 34.6. The summed E-state index contributed by atoms with van der Waals surface area (Å²) in [5.41, 5.74) is 0. The molecule has 2 atom stereocenters. The van der Waals surface area contributed by atoms with E-state index >= 15 is 0 Å². The molecule has 2 unspecified atom stereocenters. The van der Waals surface area contributed by atoms with E-state index in [0.29, 0.717) is 30.8 Å². The third-order valence-corrected chi connectivity index (χ3v) is 6.69. The molecule has 0 saturated carbocycles. The van der Waals surface area contributed by atoms with Gasteiger partial charge in [-0.15, -0.1) is 0 Å². The Hall–Kier alpha value is -0.0100. The summed E-state index contributed by atoms with van der Waals surface area (Å²) in [5.74, 6) is 0. The highest BCUT2D eigenvalue weighted by molar-refractivity contribution is 7.45. The number of unbranched alkanes of at least 4 members (excludes halogenated alkanes) is 12. The Bertz CT molecular complexity index is 486. The van der Waals surface area contributed by atoms with Crippen molar-refractivity contribution in [1.82, 2.24) is 0 Å². The van der Waals surface area contributed by atoms with E-state index in [9.17, 15) is 9.46 Å². The Labute approximate surface area is 211 Å². The molecule has 0 saturated heterocycles. The smallest absolute Gasteiger partial charge is 0.268 e. The number of hydrogen-bond donors (Lipinski definition) is 0. The molecular formula is C26H56NO6P. The summed E-state index contributed by atoms with van der Waals surface area (Å²) in [4.78, 5) is 12.1. The standard InChI is InChI=1S/C26H56NO6P/c1-6-8-10-12-14-15-16-18-21-30-24-26(31-22-19-17-13-11-9-7-2)25-33-34(28,29)32-23-20-27(3,4)5/h26H,6-25H2,1-5H3. The average molecular weight is 510 g/mol. The lowest BCUT2D eigenvalue weighted by atomic mass is 10.1. The van der Waals surface area contributed by atoms with E-state index in [1.54, 1.807) is 0 Å². The number of rotatable bonds is 26. The number of quaternary nitrogens is 1. The summed E-state index contributed by atoms with van der Waals surface area (Å²) in [6.07, 6.45) is 16.7. The van der Waals surface area contributed by atoms with Crippen molar-refractivity contribution in [2.75, 3.05) is 60.7 Å². The summed E-state index contributed by atoms with van der Waals surface area (Å²) in [6, 6.07) is 0. The molecule has 0 aromatic carbocycles. The van der Waals surface area contributed by atoms with E-state index in [1.807, 2.05) is 21.1 Å². The zero-order valence-electron chi connectivity index (χ0n) is 23.1. The minimum atomic E-state index is -4.35. The van der Waals surface area contributed by atoms with Gasteiger partial charge in [-0.3, -0.25) is 4.57 Å². The van der Waals surface area contributed by atoms with Crippen LogP contribution in [-0.2, 0) is 23.1 Å².